The van der Waals surface area contributed by atoms with Crippen LogP contribution in [0.15, 0.2) is 12.3 Å². The van der Waals surface area contributed by atoms with E-state index in [0.717, 1.165) is 0 Å². The molecule has 1 aromatic rings. The van der Waals surface area contributed by atoms with Crippen LogP contribution in [0.3, 0.4) is 0 Å². The van der Waals surface area contributed by atoms with Gasteiger partial charge in [0, 0.05) is 24.4 Å². The first-order valence-electron chi connectivity index (χ1n) is 4.05. The lowest BCUT2D eigenvalue weighted by molar-refractivity contribution is -0.385. The standard InChI is InChI=1S/C9H7ClN2O2S/c10-7-5-9(12(13)14)8(11-6-7)3-1-2-4-15/h5-6,15H,2,4H2. The number of aromatic nitrogens is 1. The van der Waals surface area contributed by atoms with Crippen LogP contribution in [0.25, 0.3) is 0 Å². The van der Waals surface area contributed by atoms with Crippen molar-refractivity contribution in [3.63, 3.8) is 0 Å². The van der Waals surface area contributed by atoms with E-state index in [-0.39, 0.29) is 16.4 Å². The van der Waals surface area contributed by atoms with Crippen molar-refractivity contribution < 1.29 is 4.92 Å². The van der Waals surface area contributed by atoms with Crippen LogP contribution in [0.4, 0.5) is 5.69 Å². The number of nitrogens with zero attached hydrogens (tertiary/aromatic N) is 2. The maximum atomic E-state index is 10.6. The molecule has 0 aliphatic carbocycles. The molecule has 15 heavy (non-hydrogen) atoms. The van der Waals surface area contributed by atoms with Crippen LogP contribution in [0, 0.1) is 22.0 Å². The van der Waals surface area contributed by atoms with Crippen molar-refractivity contribution >= 4 is 29.9 Å². The highest BCUT2D eigenvalue weighted by molar-refractivity contribution is 7.80. The third-order valence-electron chi connectivity index (χ3n) is 1.47. The quantitative estimate of drug-likeness (QED) is 0.375. The van der Waals surface area contributed by atoms with Gasteiger partial charge in [0.1, 0.15) is 0 Å². The number of rotatable bonds is 2. The van der Waals surface area contributed by atoms with Crippen LogP contribution < -0.4 is 0 Å². The van der Waals surface area contributed by atoms with Crippen molar-refractivity contribution in [3.05, 3.63) is 33.1 Å². The highest BCUT2D eigenvalue weighted by Gasteiger charge is 2.13. The van der Waals surface area contributed by atoms with Gasteiger partial charge in [-0.25, -0.2) is 4.98 Å². The Kier molecular flexibility index (Phi) is 4.40. The Morgan fingerprint density at radius 1 is 1.67 bits per heavy atom. The molecule has 0 fully saturated rings. The first-order chi connectivity index (χ1) is 7.15. The van der Waals surface area contributed by atoms with Crippen LogP contribution in [0.2, 0.25) is 5.02 Å². The number of pyridine rings is 1. The summed E-state index contributed by atoms with van der Waals surface area (Å²) < 4.78 is 0. The van der Waals surface area contributed by atoms with Crippen molar-refractivity contribution in [2.24, 2.45) is 0 Å². The predicted octanol–water partition coefficient (Wildman–Crippen LogP) is 2.31. The summed E-state index contributed by atoms with van der Waals surface area (Å²) in [5.74, 6) is 5.95. The van der Waals surface area contributed by atoms with E-state index in [9.17, 15) is 10.1 Å². The Bertz CT molecular complexity index is 439. The molecular formula is C9H7ClN2O2S. The van der Waals surface area contributed by atoms with Crippen LogP contribution in [-0.2, 0) is 0 Å². The third-order valence-corrected chi connectivity index (χ3v) is 1.90. The van der Waals surface area contributed by atoms with Crippen LogP contribution in [0.1, 0.15) is 12.1 Å². The summed E-state index contributed by atoms with van der Waals surface area (Å²) in [4.78, 5) is 13.9. The minimum Gasteiger partial charge on any atom is -0.258 e. The maximum absolute atomic E-state index is 10.6. The van der Waals surface area contributed by atoms with Crippen LogP contribution >= 0.6 is 24.2 Å². The average Bonchev–Trinajstić information content (AvgIpc) is 2.20. The minimum atomic E-state index is -0.552. The largest absolute Gasteiger partial charge is 0.304 e. The molecule has 1 heterocycles. The molecule has 0 aliphatic heterocycles. The van der Waals surface area contributed by atoms with Gasteiger partial charge in [-0.1, -0.05) is 17.5 Å². The van der Waals surface area contributed by atoms with E-state index in [4.69, 9.17) is 11.6 Å². The number of hydrogen-bond acceptors (Lipinski definition) is 4. The average molecular weight is 243 g/mol. The summed E-state index contributed by atoms with van der Waals surface area (Å²) in [6.45, 7) is 0. The molecular weight excluding hydrogens is 236 g/mol. The number of nitro groups is 1. The van der Waals surface area contributed by atoms with Crippen LogP contribution in [0.5, 0.6) is 0 Å². The Hall–Kier alpha value is -1.25. The van der Waals surface area contributed by atoms with E-state index in [0.29, 0.717) is 12.2 Å². The second kappa shape index (κ2) is 5.59. The molecule has 1 rings (SSSR count). The van der Waals surface area contributed by atoms with E-state index in [2.05, 4.69) is 29.5 Å². The van der Waals surface area contributed by atoms with Gasteiger partial charge in [0.25, 0.3) is 0 Å². The van der Waals surface area contributed by atoms with E-state index in [1.807, 2.05) is 0 Å². The van der Waals surface area contributed by atoms with Crippen LogP contribution in [-0.4, -0.2) is 15.7 Å². The van der Waals surface area contributed by atoms with Crippen molar-refractivity contribution in [1.82, 2.24) is 4.98 Å². The Morgan fingerprint density at radius 2 is 2.40 bits per heavy atom. The second-order valence-corrected chi connectivity index (χ2v) is 3.44. The van der Waals surface area contributed by atoms with Gasteiger partial charge in [-0.3, -0.25) is 10.1 Å². The molecule has 78 valence electrons. The molecule has 0 saturated carbocycles. The second-order valence-electron chi connectivity index (χ2n) is 2.55. The van der Waals surface area contributed by atoms with Gasteiger partial charge in [0.05, 0.1) is 9.95 Å². The van der Waals surface area contributed by atoms with E-state index < -0.39 is 4.92 Å². The summed E-state index contributed by atoms with van der Waals surface area (Å²) in [5, 5.41) is 10.9. The van der Waals surface area contributed by atoms with Gasteiger partial charge in [0.15, 0.2) is 5.69 Å². The molecule has 1 aromatic heterocycles. The van der Waals surface area contributed by atoms with Gasteiger partial charge < -0.3 is 0 Å². The normalized spacial score (nSPS) is 9.20. The molecule has 0 radical (unpaired) electrons. The number of thiol groups is 1. The number of halogens is 1. The Labute approximate surface area is 97.2 Å². The highest BCUT2D eigenvalue weighted by atomic mass is 35.5. The molecule has 0 bridgehead atoms. The Balaban J connectivity index is 3.08. The topological polar surface area (TPSA) is 56.0 Å². The molecule has 6 heteroatoms. The van der Waals surface area contributed by atoms with E-state index in [1.54, 1.807) is 0 Å². The fourth-order valence-corrected chi connectivity index (χ4v) is 1.13. The van der Waals surface area contributed by atoms with E-state index >= 15 is 0 Å². The lowest BCUT2D eigenvalue weighted by atomic mass is 10.3. The minimum absolute atomic E-state index is 0.131. The molecule has 0 saturated heterocycles. The molecule has 0 atom stereocenters. The summed E-state index contributed by atoms with van der Waals surface area (Å²) in [5.41, 5.74) is -0.0413. The zero-order chi connectivity index (χ0) is 11.3. The smallest absolute Gasteiger partial charge is 0.258 e. The first-order valence-corrected chi connectivity index (χ1v) is 5.06. The zero-order valence-corrected chi connectivity index (χ0v) is 9.26. The van der Waals surface area contributed by atoms with Crippen molar-refractivity contribution in [1.29, 1.82) is 0 Å². The third kappa shape index (κ3) is 3.42. The summed E-state index contributed by atoms with van der Waals surface area (Å²) in [7, 11) is 0. The van der Waals surface area contributed by atoms with Crippen molar-refractivity contribution in [2.75, 3.05) is 5.75 Å². The predicted molar refractivity (Wildman–Crippen MR) is 61.2 cm³/mol. The van der Waals surface area contributed by atoms with Gasteiger partial charge in [0.2, 0.25) is 0 Å². The van der Waals surface area contributed by atoms with Gasteiger partial charge >= 0.3 is 5.69 Å². The van der Waals surface area contributed by atoms with Gasteiger partial charge in [-0.15, -0.1) is 0 Å². The lowest BCUT2D eigenvalue weighted by Gasteiger charge is -1.94. The summed E-state index contributed by atoms with van der Waals surface area (Å²) in [6, 6.07) is 1.24. The van der Waals surface area contributed by atoms with Gasteiger partial charge in [-0.2, -0.15) is 12.6 Å². The van der Waals surface area contributed by atoms with Crippen molar-refractivity contribution in [2.45, 2.75) is 6.42 Å². The lowest BCUT2D eigenvalue weighted by Crippen LogP contribution is -1.94. The van der Waals surface area contributed by atoms with Gasteiger partial charge in [-0.05, 0) is 5.92 Å². The van der Waals surface area contributed by atoms with E-state index in [1.165, 1.54) is 12.3 Å². The molecule has 4 nitrogen and oxygen atoms in total. The summed E-state index contributed by atoms with van der Waals surface area (Å²) in [6.07, 6.45) is 1.89. The maximum Gasteiger partial charge on any atom is 0.304 e. The zero-order valence-electron chi connectivity index (χ0n) is 7.61. The molecule has 0 aromatic carbocycles. The monoisotopic (exact) mass is 242 g/mol. The first kappa shape index (κ1) is 11.8. The fourth-order valence-electron chi connectivity index (χ4n) is 0.866. The number of hydrogen-bond donors (Lipinski definition) is 1. The fraction of sp³-hybridized carbons (Fsp3) is 0.222. The molecule has 0 unspecified atom stereocenters. The SMILES string of the molecule is O=[N+]([O-])c1cc(Cl)cnc1C#CCCS. The Morgan fingerprint density at radius 3 is 3.00 bits per heavy atom. The van der Waals surface area contributed by atoms with Crippen molar-refractivity contribution in [3.8, 4) is 11.8 Å². The summed E-state index contributed by atoms with van der Waals surface area (Å²) >= 11 is 9.57. The molecule has 0 aliphatic rings. The highest BCUT2D eigenvalue weighted by Crippen LogP contribution is 2.19. The molecule has 0 amide bonds. The molecule has 0 spiro atoms. The molecule has 0 N–H and O–H groups in total.